The number of fused-ring (bicyclic) bond motifs is 2. The van der Waals surface area contributed by atoms with E-state index in [9.17, 15) is 19.1 Å². The number of amides is 1. The van der Waals surface area contributed by atoms with Gasteiger partial charge in [0.2, 0.25) is 5.91 Å². The highest BCUT2D eigenvalue weighted by Crippen LogP contribution is 2.41. The van der Waals surface area contributed by atoms with Crippen molar-refractivity contribution < 1.29 is 28.2 Å². The van der Waals surface area contributed by atoms with E-state index in [4.69, 9.17) is 4.74 Å². The average molecular weight is 536 g/mol. The number of aryl methyl sites for hydroxylation is 1. The molecule has 4 aromatic rings. The lowest BCUT2D eigenvalue weighted by Crippen LogP contribution is -2.39. The number of aromatic hydroxyl groups is 1. The van der Waals surface area contributed by atoms with Crippen molar-refractivity contribution in [2.45, 2.75) is 20.3 Å². The number of nitrogens with zero attached hydrogens (tertiary/aromatic N) is 4. The van der Waals surface area contributed by atoms with Gasteiger partial charge in [0.25, 0.3) is 0 Å². The zero-order chi connectivity index (χ0) is 28.1. The number of methoxy groups -OCH3 is 1. The molecule has 1 aliphatic heterocycles. The number of halogens is 2. The zero-order valence-corrected chi connectivity index (χ0v) is 21.9. The van der Waals surface area contributed by atoms with Crippen LogP contribution in [-0.2, 0) is 16.0 Å². The predicted molar refractivity (Wildman–Crippen MR) is 142 cm³/mol. The summed E-state index contributed by atoms with van der Waals surface area (Å²) in [6.45, 7) is 3.79. The number of aromatic nitrogens is 3. The lowest BCUT2D eigenvalue weighted by molar-refractivity contribution is -0.130. The van der Waals surface area contributed by atoms with Crippen molar-refractivity contribution in [2.75, 3.05) is 32.1 Å². The molecule has 2 atom stereocenters. The fourth-order valence-corrected chi connectivity index (χ4v) is 5.43. The van der Waals surface area contributed by atoms with Crippen molar-refractivity contribution in [3.05, 3.63) is 47.7 Å². The smallest absolute Gasteiger partial charge is 0.318 e. The summed E-state index contributed by atoms with van der Waals surface area (Å²) >= 11 is 0. The Morgan fingerprint density at radius 2 is 2.08 bits per heavy atom. The van der Waals surface area contributed by atoms with Gasteiger partial charge in [-0.25, -0.2) is 8.78 Å². The molecule has 0 bridgehead atoms. The quantitative estimate of drug-likeness (QED) is 0.358. The van der Waals surface area contributed by atoms with Crippen LogP contribution >= 0.6 is 0 Å². The highest BCUT2D eigenvalue weighted by molar-refractivity contribution is 6.02. The first-order chi connectivity index (χ1) is 18.6. The third-order valence-electron chi connectivity index (χ3n) is 7.45. The number of benzene rings is 2. The van der Waals surface area contributed by atoms with Crippen LogP contribution in [0.2, 0.25) is 0 Å². The Morgan fingerprint density at radius 1 is 1.31 bits per heavy atom. The first kappa shape index (κ1) is 26.2. The predicted octanol–water partition coefficient (Wildman–Crippen LogP) is 3.79. The maximum Gasteiger partial charge on any atom is 0.318 e. The summed E-state index contributed by atoms with van der Waals surface area (Å²) < 4.78 is 36.3. The van der Waals surface area contributed by atoms with E-state index in [1.807, 2.05) is 0 Å². The Balaban J connectivity index is 1.74. The van der Waals surface area contributed by atoms with Gasteiger partial charge >= 0.3 is 6.01 Å². The highest BCUT2D eigenvalue weighted by atomic mass is 19.1. The Labute approximate surface area is 222 Å². The first-order valence-electron chi connectivity index (χ1n) is 12.4. The Morgan fingerprint density at radius 3 is 2.74 bits per heavy atom. The average Bonchev–Trinajstić information content (AvgIpc) is 3.30. The molecular formula is C28H27F2N5O4. The van der Waals surface area contributed by atoms with Crippen molar-refractivity contribution in [3.8, 4) is 23.0 Å². The molecular weight excluding hydrogens is 508 g/mol. The third kappa shape index (κ3) is 4.18. The minimum atomic E-state index is -1.00. The third-order valence-corrected chi connectivity index (χ3v) is 7.45. The van der Waals surface area contributed by atoms with Gasteiger partial charge in [-0.05, 0) is 41.0 Å². The Kier molecular flexibility index (Phi) is 6.53. The number of hydrogen-bond donors (Lipinski definition) is 2. The van der Waals surface area contributed by atoms with Crippen LogP contribution in [0.25, 0.3) is 32.9 Å². The first-order valence-corrected chi connectivity index (χ1v) is 12.4. The van der Waals surface area contributed by atoms with Gasteiger partial charge in [-0.15, -0.1) is 0 Å². The largest absolute Gasteiger partial charge is 0.508 e. The van der Waals surface area contributed by atoms with Gasteiger partial charge < -0.3 is 24.9 Å². The van der Waals surface area contributed by atoms with E-state index in [1.54, 1.807) is 18.7 Å². The van der Waals surface area contributed by atoms with E-state index < -0.39 is 23.0 Å². The highest BCUT2D eigenvalue weighted by Gasteiger charge is 2.47. The second kappa shape index (κ2) is 9.72. The number of pyridine rings is 1. The summed E-state index contributed by atoms with van der Waals surface area (Å²) in [5.74, 6) is -2.07. The van der Waals surface area contributed by atoms with Crippen LogP contribution < -0.4 is 15.0 Å². The molecule has 1 fully saturated rings. The van der Waals surface area contributed by atoms with E-state index in [1.165, 1.54) is 44.6 Å². The summed E-state index contributed by atoms with van der Waals surface area (Å²) in [4.78, 5) is 39.3. The maximum atomic E-state index is 16.3. The van der Waals surface area contributed by atoms with Crippen LogP contribution in [0.4, 0.5) is 14.6 Å². The number of carbonyl (C=O) groups is 2. The summed E-state index contributed by atoms with van der Waals surface area (Å²) in [6, 6.07) is 5.55. The number of ether oxygens (including phenoxy) is 1. The minimum Gasteiger partial charge on any atom is -0.508 e. The van der Waals surface area contributed by atoms with E-state index in [-0.39, 0.29) is 58.7 Å². The standard InChI is InChI=1S/C28H27F2N5O4/c1-5-16-20(29)7-6-14-8-15(37)9-17(21(14)16)23-22(30)24-18(10-32-23)25(34-27(33-24)39-4)35-11-19(26(38)31-3)28(2,12-35)13-36/h6-10,13,19,37H,5,11-12H2,1-4H3,(H,31,38). The number of phenolic OH excluding ortho intramolecular Hbond substituents is 1. The van der Waals surface area contributed by atoms with Crippen molar-refractivity contribution in [3.63, 3.8) is 0 Å². The Bertz CT molecular complexity index is 1650. The Hall–Kier alpha value is -4.41. The molecule has 0 saturated carbocycles. The molecule has 1 saturated heterocycles. The van der Waals surface area contributed by atoms with Crippen LogP contribution in [0.15, 0.2) is 30.5 Å². The summed E-state index contributed by atoms with van der Waals surface area (Å²) in [5, 5.41) is 14.2. The molecule has 2 N–H and O–H groups in total. The molecule has 1 amide bonds. The summed E-state index contributed by atoms with van der Waals surface area (Å²) in [5.41, 5.74) is -0.649. The number of anilines is 1. The van der Waals surface area contributed by atoms with Crippen LogP contribution in [0.5, 0.6) is 11.8 Å². The molecule has 2 unspecified atom stereocenters. The SMILES string of the molecule is CCc1c(F)ccc2cc(O)cc(-c3ncc4c(N5CC(C(=O)NC)C(C)(C=O)C5)nc(OC)nc4c3F)c12. The van der Waals surface area contributed by atoms with Gasteiger partial charge in [-0.3, -0.25) is 9.78 Å². The van der Waals surface area contributed by atoms with Crippen molar-refractivity contribution in [1.82, 2.24) is 20.3 Å². The lowest BCUT2D eigenvalue weighted by atomic mass is 9.81. The fraction of sp³-hybridized carbons (Fsp3) is 0.321. The van der Waals surface area contributed by atoms with Gasteiger partial charge in [-0.1, -0.05) is 19.9 Å². The lowest BCUT2D eigenvalue weighted by Gasteiger charge is -2.22. The maximum absolute atomic E-state index is 16.3. The van der Waals surface area contributed by atoms with Crippen molar-refractivity contribution >= 4 is 39.7 Å². The van der Waals surface area contributed by atoms with Gasteiger partial charge in [0, 0.05) is 31.9 Å². The number of rotatable bonds is 6. The molecule has 0 aliphatic carbocycles. The van der Waals surface area contributed by atoms with E-state index >= 15 is 4.39 Å². The number of hydrogen-bond acceptors (Lipinski definition) is 8. The molecule has 202 valence electrons. The molecule has 0 radical (unpaired) electrons. The van der Waals surface area contributed by atoms with E-state index in [2.05, 4.69) is 20.3 Å². The normalized spacial score (nSPS) is 19.0. The van der Waals surface area contributed by atoms with E-state index in [0.717, 1.165) is 6.29 Å². The zero-order valence-electron chi connectivity index (χ0n) is 21.9. The van der Waals surface area contributed by atoms with Crippen LogP contribution in [0, 0.1) is 23.0 Å². The molecule has 1 aliphatic rings. The second-order valence-corrected chi connectivity index (χ2v) is 9.86. The van der Waals surface area contributed by atoms with Crippen molar-refractivity contribution in [1.29, 1.82) is 0 Å². The number of aldehydes is 1. The van der Waals surface area contributed by atoms with Crippen LogP contribution in [0.3, 0.4) is 0 Å². The van der Waals surface area contributed by atoms with Crippen LogP contribution in [0.1, 0.15) is 19.4 Å². The fourth-order valence-electron chi connectivity index (χ4n) is 5.43. The van der Waals surface area contributed by atoms with E-state index in [0.29, 0.717) is 22.8 Å². The second-order valence-electron chi connectivity index (χ2n) is 9.86. The van der Waals surface area contributed by atoms with Gasteiger partial charge in [0.1, 0.15) is 34.9 Å². The molecule has 3 heterocycles. The van der Waals surface area contributed by atoms with Crippen molar-refractivity contribution in [2.24, 2.45) is 11.3 Å². The number of nitrogens with one attached hydrogen (secondary N) is 1. The molecule has 11 heteroatoms. The molecule has 5 rings (SSSR count). The van der Waals surface area contributed by atoms with Gasteiger partial charge in [-0.2, -0.15) is 9.97 Å². The summed E-state index contributed by atoms with van der Waals surface area (Å²) in [7, 11) is 2.85. The minimum absolute atomic E-state index is 0.107. The van der Waals surface area contributed by atoms with Gasteiger partial charge in [0.05, 0.1) is 23.8 Å². The topological polar surface area (TPSA) is 118 Å². The molecule has 39 heavy (non-hydrogen) atoms. The molecule has 2 aromatic carbocycles. The number of carbonyl (C=O) groups excluding carboxylic acids is 2. The number of phenols is 1. The van der Waals surface area contributed by atoms with Crippen LogP contribution in [-0.4, -0.2) is 59.5 Å². The summed E-state index contributed by atoms with van der Waals surface area (Å²) in [6.07, 6.45) is 2.49. The molecule has 9 nitrogen and oxygen atoms in total. The van der Waals surface area contributed by atoms with Gasteiger partial charge in [0.15, 0.2) is 5.82 Å². The molecule has 2 aromatic heterocycles. The molecule has 0 spiro atoms. The monoisotopic (exact) mass is 535 g/mol.